The summed E-state index contributed by atoms with van der Waals surface area (Å²) >= 11 is 0. The standard InChI is InChI=1S/C18H18N4O4/c23-21(24)14-10-11-16(18(12-14)22(25)26)15-8-4-5-9-17(15)20-19-13-6-2-1-3-7-13/h1-3,6-7,10-12,15,19H,4-5,8-9H2/b20-17+/t15-/m0/s1. The van der Waals surface area contributed by atoms with E-state index in [1.807, 2.05) is 30.3 Å². The first-order valence-electron chi connectivity index (χ1n) is 8.36. The lowest BCUT2D eigenvalue weighted by Gasteiger charge is -2.24. The van der Waals surface area contributed by atoms with E-state index in [1.165, 1.54) is 12.1 Å². The number of non-ortho nitro benzene ring substituents is 1. The first kappa shape index (κ1) is 17.5. The van der Waals surface area contributed by atoms with Crippen molar-refractivity contribution in [3.63, 3.8) is 0 Å². The van der Waals surface area contributed by atoms with Crippen molar-refractivity contribution in [2.45, 2.75) is 31.6 Å². The minimum absolute atomic E-state index is 0.221. The third kappa shape index (κ3) is 3.85. The van der Waals surface area contributed by atoms with Gasteiger partial charge >= 0.3 is 0 Å². The monoisotopic (exact) mass is 354 g/mol. The summed E-state index contributed by atoms with van der Waals surface area (Å²) in [6, 6.07) is 13.3. The molecule has 1 N–H and O–H groups in total. The molecule has 2 aromatic rings. The largest absolute Gasteiger partial charge is 0.280 e. The second kappa shape index (κ2) is 7.73. The van der Waals surface area contributed by atoms with E-state index < -0.39 is 9.85 Å². The van der Waals surface area contributed by atoms with Crippen molar-refractivity contribution in [2.75, 3.05) is 5.43 Å². The zero-order valence-electron chi connectivity index (χ0n) is 14.0. The maximum atomic E-state index is 11.5. The Labute approximate surface area is 149 Å². The molecule has 0 heterocycles. The Kier molecular flexibility index (Phi) is 5.21. The third-order valence-corrected chi connectivity index (χ3v) is 4.48. The SMILES string of the molecule is O=[N+]([O-])c1ccc([C@@H]2CCCC/C2=N\Nc2ccccc2)c([N+](=O)[O-])c1. The van der Waals surface area contributed by atoms with E-state index in [9.17, 15) is 20.2 Å². The van der Waals surface area contributed by atoms with E-state index in [-0.39, 0.29) is 17.3 Å². The van der Waals surface area contributed by atoms with Gasteiger partial charge in [-0.2, -0.15) is 5.10 Å². The summed E-state index contributed by atoms with van der Waals surface area (Å²) in [6.07, 6.45) is 3.36. The van der Waals surface area contributed by atoms with Gasteiger partial charge in [0.1, 0.15) is 0 Å². The highest BCUT2D eigenvalue weighted by Crippen LogP contribution is 2.37. The van der Waals surface area contributed by atoms with Crippen molar-refractivity contribution < 1.29 is 9.85 Å². The summed E-state index contributed by atoms with van der Waals surface area (Å²) in [7, 11) is 0. The molecule has 1 atom stereocenters. The lowest BCUT2D eigenvalue weighted by molar-refractivity contribution is -0.394. The fourth-order valence-corrected chi connectivity index (χ4v) is 3.21. The highest BCUT2D eigenvalue weighted by atomic mass is 16.6. The number of rotatable bonds is 5. The molecule has 134 valence electrons. The summed E-state index contributed by atoms with van der Waals surface area (Å²) in [4.78, 5) is 21.2. The molecule has 1 saturated carbocycles. The van der Waals surface area contributed by atoms with Crippen LogP contribution in [0.1, 0.15) is 37.2 Å². The predicted molar refractivity (Wildman–Crippen MR) is 98.5 cm³/mol. The van der Waals surface area contributed by atoms with Crippen molar-refractivity contribution in [3.05, 3.63) is 74.3 Å². The predicted octanol–water partition coefficient (Wildman–Crippen LogP) is 4.63. The number of benzene rings is 2. The Bertz CT molecular complexity index is 852. The molecule has 0 saturated heterocycles. The number of nitro groups is 2. The molecule has 0 amide bonds. The molecule has 0 aliphatic heterocycles. The van der Waals surface area contributed by atoms with Crippen LogP contribution >= 0.6 is 0 Å². The van der Waals surface area contributed by atoms with Crippen LogP contribution in [0, 0.1) is 20.2 Å². The summed E-state index contributed by atoms with van der Waals surface area (Å²) in [5.74, 6) is -0.221. The smallest absolute Gasteiger partial charge is 0.279 e. The summed E-state index contributed by atoms with van der Waals surface area (Å²) in [6.45, 7) is 0. The van der Waals surface area contributed by atoms with Gasteiger partial charge in [-0.1, -0.05) is 24.6 Å². The summed E-state index contributed by atoms with van der Waals surface area (Å²) in [5.41, 5.74) is 4.65. The molecule has 3 rings (SSSR count). The zero-order chi connectivity index (χ0) is 18.5. The van der Waals surface area contributed by atoms with E-state index >= 15 is 0 Å². The van der Waals surface area contributed by atoms with Crippen LogP contribution in [0.2, 0.25) is 0 Å². The number of para-hydroxylation sites is 1. The van der Waals surface area contributed by atoms with Crippen molar-refractivity contribution in [1.82, 2.24) is 0 Å². The van der Waals surface area contributed by atoms with Crippen LogP contribution in [0.25, 0.3) is 0 Å². The van der Waals surface area contributed by atoms with E-state index in [4.69, 9.17) is 0 Å². The van der Waals surface area contributed by atoms with Crippen LogP contribution in [-0.4, -0.2) is 15.6 Å². The number of nitro benzene ring substituents is 2. The van der Waals surface area contributed by atoms with Gasteiger partial charge < -0.3 is 0 Å². The van der Waals surface area contributed by atoms with Gasteiger partial charge in [0.05, 0.1) is 21.6 Å². The number of hydrogen-bond donors (Lipinski definition) is 1. The third-order valence-electron chi connectivity index (χ3n) is 4.48. The van der Waals surface area contributed by atoms with E-state index in [2.05, 4.69) is 10.5 Å². The normalized spacial score (nSPS) is 18.5. The summed E-state index contributed by atoms with van der Waals surface area (Å²) < 4.78 is 0. The highest BCUT2D eigenvalue weighted by Gasteiger charge is 2.30. The Hall–Kier alpha value is -3.29. The van der Waals surface area contributed by atoms with Crippen LogP contribution in [0.5, 0.6) is 0 Å². The second-order valence-corrected chi connectivity index (χ2v) is 6.14. The van der Waals surface area contributed by atoms with Gasteiger partial charge in [0, 0.05) is 23.3 Å². The van der Waals surface area contributed by atoms with Crippen molar-refractivity contribution in [2.24, 2.45) is 5.10 Å². The topological polar surface area (TPSA) is 111 Å². The van der Waals surface area contributed by atoms with Crippen molar-refractivity contribution in [3.8, 4) is 0 Å². The summed E-state index contributed by atoms with van der Waals surface area (Å²) in [5, 5.41) is 26.9. The van der Waals surface area contributed by atoms with Crippen LogP contribution in [0.15, 0.2) is 53.6 Å². The maximum Gasteiger partial charge on any atom is 0.280 e. The fourth-order valence-electron chi connectivity index (χ4n) is 3.21. The van der Waals surface area contributed by atoms with E-state index in [0.29, 0.717) is 5.56 Å². The Balaban J connectivity index is 1.94. The van der Waals surface area contributed by atoms with Gasteiger partial charge in [-0.15, -0.1) is 0 Å². The molecule has 8 heteroatoms. The molecule has 0 spiro atoms. The molecular formula is C18H18N4O4. The zero-order valence-corrected chi connectivity index (χ0v) is 14.0. The lowest BCUT2D eigenvalue weighted by atomic mass is 9.81. The first-order chi connectivity index (χ1) is 12.6. The Morgan fingerprint density at radius 1 is 1.00 bits per heavy atom. The number of nitrogens with zero attached hydrogens (tertiary/aromatic N) is 3. The first-order valence-corrected chi connectivity index (χ1v) is 8.36. The number of hydrazone groups is 1. The molecule has 26 heavy (non-hydrogen) atoms. The van der Waals surface area contributed by atoms with Gasteiger partial charge in [-0.25, -0.2) is 0 Å². The number of hydrogen-bond acceptors (Lipinski definition) is 6. The molecule has 1 aliphatic rings. The molecule has 0 aromatic heterocycles. The number of nitrogens with one attached hydrogen (secondary N) is 1. The molecule has 8 nitrogen and oxygen atoms in total. The molecule has 1 fully saturated rings. The Morgan fingerprint density at radius 3 is 2.46 bits per heavy atom. The number of anilines is 1. The van der Waals surface area contributed by atoms with E-state index in [0.717, 1.165) is 43.1 Å². The average Bonchev–Trinajstić information content (AvgIpc) is 2.67. The van der Waals surface area contributed by atoms with Crippen LogP contribution in [0.3, 0.4) is 0 Å². The van der Waals surface area contributed by atoms with Crippen molar-refractivity contribution in [1.29, 1.82) is 0 Å². The molecule has 0 bridgehead atoms. The molecule has 2 aromatic carbocycles. The van der Waals surface area contributed by atoms with Crippen LogP contribution in [0.4, 0.5) is 17.1 Å². The quantitative estimate of drug-likeness (QED) is 0.621. The fraction of sp³-hybridized carbons (Fsp3) is 0.278. The second-order valence-electron chi connectivity index (χ2n) is 6.14. The minimum Gasteiger partial charge on any atom is -0.279 e. The van der Waals surface area contributed by atoms with Gasteiger partial charge in [0.15, 0.2) is 0 Å². The van der Waals surface area contributed by atoms with E-state index in [1.54, 1.807) is 0 Å². The molecular weight excluding hydrogens is 336 g/mol. The van der Waals surface area contributed by atoms with Crippen molar-refractivity contribution >= 4 is 22.8 Å². The van der Waals surface area contributed by atoms with Gasteiger partial charge in [0.2, 0.25) is 0 Å². The van der Waals surface area contributed by atoms with Gasteiger partial charge in [-0.3, -0.25) is 25.7 Å². The van der Waals surface area contributed by atoms with Crippen LogP contribution in [-0.2, 0) is 0 Å². The molecule has 0 unspecified atom stereocenters. The average molecular weight is 354 g/mol. The van der Waals surface area contributed by atoms with Gasteiger partial charge in [0.25, 0.3) is 11.4 Å². The highest BCUT2D eigenvalue weighted by molar-refractivity contribution is 5.93. The lowest BCUT2D eigenvalue weighted by Crippen LogP contribution is -2.20. The maximum absolute atomic E-state index is 11.5. The molecule has 1 aliphatic carbocycles. The minimum atomic E-state index is -0.621. The van der Waals surface area contributed by atoms with Crippen LogP contribution < -0.4 is 5.43 Å². The Morgan fingerprint density at radius 2 is 1.77 bits per heavy atom. The molecule has 0 radical (unpaired) electrons. The van der Waals surface area contributed by atoms with Gasteiger partial charge in [-0.05, 0) is 37.5 Å².